The van der Waals surface area contributed by atoms with E-state index in [1.54, 1.807) is 0 Å². The van der Waals surface area contributed by atoms with Gasteiger partial charge in [0.2, 0.25) is 0 Å². The summed E-state index contributed by atoms with van der Waals surface area (Å²) in [7, 11) is 0. The van der Waals surface area contributed by atoms with Crippen molar-refractivity contribution in [3.05, 3.63) is 400 Å². The van der Waals surface area contributed by atoms with Gasteiger partial charge in [-0.3, -0.25) is 0 Å². The van der Waals surface area contributed by atoms with Crippen LogP contribution in [0.5, 0.6) is 0 Å². The molecule has 8 heteroatoms. The fraction of sp³-hybridized carbons (Fsp3) is 0. The Balaban J connectivity index is 0.000000141. The molecule has 0 aliphatic carbocycles. The van der Waals surface area contributed by atoms with Crippen molar-refractivity contribution in [1.82, 2.24) is 29.9 Å². The number of hydrogen-bond donors (Lipinski definition) is 0. The van der Waals surface area contributed by atoms with Crippen molar-refractivity contribution >= 4 is 109 Å². The van der Waals surface area contributed by atoms with Gasteiger partial charge in [-0.05, 0) is 187 Å². The molecule has 0 bridgehead atoms. The Hall–Kier alpha value is -15.6. The van der Waals surface area contributed by atoms with E-state index in [0.29, 0.717) is 34.9 Å². The van der Waals surface area contributed by atoms with E-state index in [4.69, 9.17) is 38.7 Å². The molecule has 19 aromatic carbocycles. The molecule has 0 aliphatic rings. The first-order chi connectivity index (χ1) is 57.5. The molecular weight excluding hydrogens is 1410 g/mol. The summed E-state index contributed by atoms with van der Waals surface area (Å²) in [5.41, 5.74) is 20.4. The molecule has 23 aromatic rings. The van der Waals surface area contributed by atoms with Crippen LogP contribution >= 0.6 is 0 Å². The molecule has 0 saturated heterocycles. The van der Waals surface area contributed by atoms with Gasteiger partial charge in [0.05, 0.1) is 0 Å². The first-order valence-corrected chi connectivity index (χ1v) is 39.1. The summed E-state index contributed by atoms with van der Waals surface area (Å²) >= 11 is 0. The predicted octanol–water partition coefficient (Wildman–Crippen LogP) is 28.8. The average Bonchev–Trinajstić information content (AvgIpc) is 0.854. The third-order valence-corrected chi connectivity index (χ3v) is 22.6. The molecule has 8 nitrogen and oxygen atoms in total. The normalized spacial score (nSPS) is 11.6. The van der Waals surface area contributed by atoms with Gasteiger partial charge < -0.3 is 8.83 Å². The van der Waals surface area contributed by atoms with Crippen LogP contribution in [0, 0.1) is 0 Å². The Morgan fingerprint density at radius 1 is 0.121 bits per heavy atom. The molecule has 23 rings (SSSR count). The van der Waals surface area contributed by atoms with Gasteiger partial charge in [0.25, 0.3) is 0 Å². The Bertz CT molecular complexity index is 7650. The lowest BCUT2D eigenvalue weighted by Gasteiger charge is -2.16. The number of aromatic nitrogens is 6. The molecule has 0 saturated carbocycles. The molecular formula is C108H66N6O2. The summed E-state index contributed by atoms with van der Waals surface area (Å²) in [5, 5.41) is 19.5. The first kappa shape index (κ1) is 67.3. The number of furan rings is 2. The van der Waals surface area contributed by atoms with E-state index in [-0.39, 0.29) is 0 Å². The minimum atomic E-state index is 0.594. The smallest absolute Gasteiger partial charge is 0.164 e. The lowest BCUT2D eigenvalue weighted by molar-refractivity contribution is 0.668. The predicted molar refractivity (Wildman–Crippen MR) is 479 cm³/mol. The highest BCUT2D eigenvalue weighted by atomic mass is 16.3. The first-order valence-electron chi connectivity index (χ1n) is 39.1. The Labute approximate surface area is 667 Å². The van der Waals surface area contributed by atoms with Crippen LogP contribution in [0.15, 0.2) is 409 Å². The van der Waals surface area contributed by atoms with Gasteiger partial charge in [-0.15, -0.1) is 0 Å². The molecule has 0 aliphatic heterocycles. The highest BCUT2D eigenvalue weighted by Gasteiger charge is 2.22. The number of nitrogens with zero attached hydrogens (tertiary/aromatic N) is 6. The minimum Gasteiger partial charge on any atom is -0.456 e. The van der Waals surface area contributed by atoms with Crippen molar-refractivity contribution in [1.29, 1.82) is 0 Å². The minimum absolute atomic E-state index is 0.594. The van der Waals surface area contributed by atoms with Crippen LogP contribution in [0.25, 0.3) is 232 Å². The standard InChI is InChI=1S/C57H35N3O.C51H31N3O/c1-3-15-36(16-4-1)55-58-56(37-17-5-2-6-18-37)60-57(59-55)40-28-31-50-52-34-39(29-32-53(52)61-54(50)35-40)42-20-8-10-22-44(42)43-21-9-7-19-41(43)38-27-30-49-47-25-12-11-23-45(47)46-24-13-14-26-48(46)51(49)33-38;1-3-12-32(13-4-1)49-52-50(33-14-5-2-6-15-33)54-51(53-49)38-23-26-44-46-30-37(24-27-47(46)55-48(44)31-38)35-17-11-16-34(28-35)36-22-25-43-41-20-8-7-18-39(41)40-19-9-10-21-42(40)45(43)29-36/h1-35H;1-31H. The number of hydrogen-bond acceptors (Lipinski definition) is 8. The quantitative estimate of drug-likeness (QED) is 0.118. The fourth-order valence-electron chi connectivity index (χ4n) is 17.0. The number of rotatable bonds is 11. The van der Waals surface area contributed by atoms with E-state index in [9.17, 15) is 0 Å². The van der Waals surface area contributed by atoms with Crippen LogP contribution in [0.3, 0.4) is 0 Å². The molecule has 0 radical (unpaired) electrons. The fourth-order valence-corrected chi connectivity index (χ4v) is 17.0. The van der Waals surface area contributed by atoms with E-state index in [1.165, 1.54) is 98.0 Å². The molecule has 0 fully saturated rings. The maximum Gasteiger partial charge on any atom is 0.164 e. The second-order valence-electron chi connectivity index (χ2n) is 29.5. The molecule has 540 valence electrons. The monoisotopic (exact) mass is 1480 g/mol. The van der Waals surface area contributed by atoms with Crippen LogP contribution in [0.4, 0.5) is 0 Å². The van der Waals surface area contributed by atoms with Crippen molar-refractivity contribution in [2.75, 3.05) is 0 Å². The van der Waals surface area contributed by atoms with Crippen LogP contribution in [0.1, 0.15) is 0 Å². The van der Waals surface area contributed by atoms with Crippen molar-refractivity contribution in [3.8, 4) is 124 Å². The Morgan fingerprint density at radius 2 is 0.353 bits per heavy atom. The summed E-state index contributed by atoms with van der Waals surface area (Å²) in [4.78, 5) is 29.5. The van der Waals surface area contributed by atoms with Gasteiger partial charge in [-0.1, -0.05) is 334 Å². The molecule has 0 spiro atoms. The highest BCUT2D eigenvalue weighted by Crippen LogP contribution is 2.46. The highest BCUT2D eigenvalue weighted by molar-refractivity contribution is 6.27. The third-order valence-electron chi connectivity index (χ3n) is 22.6. The van der Waals surface area contributed by atoms with Gasteiger partial charge in [-0.2, -0.15) is 0 Å². The summed E-state index contributed by atoms with van der Waals surface area (Å²) in [6.07, 6.45) is 0. The summed E-state index contributed by atoms with van der Waals surface area (Å²) in [6, 6.07) is 141. The molecule has 0 N–H and O–H groups in total. The van der Waals surface area contributed by atoms with Gasteiger partial charge >= 0.3 is 0 Å². The topological polar surface area (TPSA) is 104 Å². The van der Waals surface area contributed by atoms with Gasteiger partial charge in [-0.25, -0.2) is 29.9 Å². The summed E-state index contributed by atoms with van der Waals surface area (Å²) in [6.45, 7) is 0. The van der Waals surface area contributed by atoms with Crippen molar-refractivity contribution in [2.24, 2.45) is 0 Å². The molecule has 4 aromatic heterocycles. The zero-order valence-electron chi connectivity index (χ0n) is 62.6. The second-order valence-corrected chi connectivity index (χ2v) is 29.5. The number of fused-ring (bicyclic) bond motifs is 18. The van der Waals surface area contributed by atoms with Crippen LogP contribution in [-0.4, -0.2) is 29.9 Å². The molecule has 0 unspecified atom stereocenters. The molecule has 4 heterocycles. The zero-order chi connectivity index (χ0) is 76.6. The summed E-state index contributed by atoms with van der Waals surface area (Å²) in [5.74, 6) is 3.71. The maximum absolute atomic E-state index is 6.55. The zero-order valence-corrected chi connectivity index (χ0v) is 62.6. The van der Waals surface area contributed by atoms with E-state index in [0.717, 1.165) is 99.5 Å². The van der Waals surface area contributed by atoms with E-state index >= 15 is 0 Å². The SMILES string of the molecule is c1ccc(-c2nc(-c3ccccc3)nc(-c3ccc4c(c3)oc3ccc(-c5cccc(-c6ccc7c8ccccc8c8ccccc8c7c6)c5)cc34)n2)cc1.c1ccc(-c2nc(-c3ccccc3)nc(-c3ccc4c(c3)oc3ccc(-c5ccccc5-c5ccccc5-c5ccc6c7ccccc7c7ccccc7c6c5)cc34)n2)cc1. The molecule has 116 heavy (non-hydrogen) atoms. The van der Waals surface area contributed by atoms with Crippen LogP contribution in [0.2, 0.25) is 0 Å². The third kappa shape index (κ3) is 12.0. The van der Waals surface area contributed by atoms with Crippen molar-refractivity contribution in [2.45, 2.75) is 0 Å². The maximum atomic E-state index is 6.55. The van der Waals surface area contributed by atoms with Gasteiger partial charge in [0.1, 0.15) is 22.3 Å². The largest absolute Gasteiger partial charge is 0.456 e. The van der Waals surface area contributed by atoms with Crippen LogP contribution in [-0.2, 0) is 0 Å². The average molecular weight is 1480 g/mol. The molecule has 0 atom stereocenters. The second kappa shape index (κ2) is 28.3. The lowest BCUT2D eigenvalue weighted by atomic mass is 9.87. The lowest BCUT2D eigenvalue weighted by Crippen LogP contribution is -2.00. The Kier molecular flexibility index (Phi) is 16.4. The van der Waals surface area contributed by atoms with Crippen molar-refractivity contribution < 1.29 is 8.83 Å². The molecule has 0 amide bonds. The summed E-state index contributed by atoms with van der Waals surface area (Å²) < 4.78 is 13.0. The van der Waals surface area contributed by atoms with Crippen molar-refractivity contribution in [3.63, 3.8) is 0 Å². The van der Waals surface area contributed by atoms with E-state index in [1.807, 2.05) is 133 Å². The van der Waals surface area contributed by atoms with E-state index < -0.39 is 0 Å². The van der Waals surface area contributed by atoms with Crippen LogP contribution < -0.4 is 0 Å². The number of benzene rings is 19. The van der Waals surface area contributed by atoms with Gasteiger partial charge in [0, 0.05) is 54.9 Å². The Morgan fingerprint density at radius 3 is 0.724 bits per heavy atom. The van der Waals surface area contributed by atoms with E-state index in [2.05, 4.69) is 267 Å². The van der Waals surface area contributed by atoms with Gasteiger partial charge in [0.15, 0.2) is 34.9 Å².